The lowest BCUT2D eigenvalue weighted by Gasteiger charge is -2.29. The fourth-order valence-corrected chi connectivity index (χ4v) is 2.94. The highest BCUT2D eigenvalue weighted by atomic mass is 16.5. The predicted octanol–water partition coefficient (Wildman–Crippen LogP) is 0.0395. The molecule has 1 amide bonds. The summed E-state index contributed by atoms with van der Waals surface area (Å²) in [6.07, 6.45) is 1.40. The maximum absolute atomic E-state index is 12.4. The molecule has 108 valence electrons. The van der Waals surface area contributed by atoms with Gasteiger partial charge in [-0.25, -0.2) is 4.79 Å². The molecule has 1 N–H and O–H groups in total. The maximum atomic E-state index is 12.4. The van der Waals surface area contributed by atoms with Gasteiger partial charge in [0.25, 0.3) is 0 Å². The number of carboxylic acid groups (broad SMARTS) is 1. The van der Waals surface area contributed by atoms with Crippen molar-refractivity contribution in [3.8, 4) is 0 Å². The number of rotatable bonds is 2. The second-order valence-corrected chi connectivity index (χ2v) is 5.27. The Kier molecular flexibility index (Phi) is 3.21. The average Bonchev–Trinajstić information content (AvgIpc) is 3.06. The SMILES string of the molecule is Cn1nc(C(=O)O)c2c1CCN(C(=O)C1CCOC1)C2. The predicted molar refractivity (Wildman–Crippen MR) is 68.2 cm³/mol. The largest absolute Gasteiger partial charge is 0.476 e. The van der Waals surface area contributed by atoms with Gasteiger partial charge in [-0.05, 0) is 6.42 Å². The van der Waals surface area contributed by atoms with E-state index in [1.807, 2.05) is 0 Å². The molecule has 0 radical (unpaired) electrons. The third-order valence-electron chi connectivity index (χ3n) is 4.04. The summed E-state index contributed by atoms with van der Waals surface area (Å²) >= 11 is 0. The third kappa shape index (κ3) is 2.07. The fourth-order valence-electron chi connectivity index (χ4n) is 2.94. The topological polar surface area (TPSA) is 84.7 Å². The Balaban J connectivity index is 1.83. The van der Waals surface area contributed by atoms with E-state index in [4.69, 9.17) is 4.74 Å². The van der Waals surface area contributed by atoms with Crippen LogP contribution in [-0.4, -0.2) is 51.4 Å². The quantitative estimate of drug-likeness (QED) is 0.826. The number of carbonyl (C=O) groups is 2. The zero-order valence-corrected chi connectivity index (χ0v) is 11.3. The van der Waals surface area contributed by atoms with E-state index < -0.39 is 5.97 Å². The molecule has 20 heavy (non-hydrogen) atoms. The smallest absolute Gasteiger partial charge is 0.356 e. The van der Waals surface area contributed by atoms with Crippen LogP contribution in [0.5, 0.6) is 0 Å². The first-order chi connectivity index (χ1) is 9.58. The van der Waals surface area contributed by atoms with Gasteiger partial charge in [-0.3, -0.25) is 9.48 Å². The van der Waals surface area contributed by atoms with E-state index >= 15 is 0 Å². The minimum absolute atomic E-state index is 0.0580. The van der Waals surface area contributed by atoms with Crippen LogP contribution in [0.25, 0.3) is 0 Å². The van der Waals surface area contributed by atoms with E-state index in [-0.39, 0.29) is 17.5 Å². The molecule has 0 aliphatic carbocycles. The van der Waals surface area contributed by atoms with Crippen LogP contribution in [0.1, 0.15) is 28.2 Å². The summed E-state index contributed by atoms with van der Waals surface area (Å²) < 4.78 is 6.86. The normalized spacial score (nSPS) is 21.9. The molecular formula is C13H17N3O4. The van der Waals surface area contributed by atoms with Crippen molar-refractivity contribution < 1.29 is 19.4 Å². The van der Waals surface area contributed by atoms with E-state index in [0.29, 0.717) is 38.3 Å². The van der Waals surface area contributed by atoms with Gasteiger partial charge >= 0.3 is 5.97 Å². The molecule has 3 rings (SSSR count). The summed E-state index contributed by atoms with van der Waals surface area (Å²) in [4.78, 5) is 25.3. The summed E-state index contributed by atoms with van der Waals surface area (Å²) in [5.74, 6) is -1.06. The molecule has 0 spiro atoms. The number of nitrogens with zero attached hydrogens (tertiary/aromatic N) is 3. The number of aromatic nitrogens is 2. The Morgan fingerprint density at radius 3 is 2.90 bits per heavy atom. The highest BCUT2D eigenvalue weighted by Gasteiger charge is 2.33. The zero-order chi connectivity index (χ0) is 14.3. The molecule has 1 atom stereocenters. The molecular weight excluding hydrogens is 262 g/mol. The number of aryl methyl sites for hydroxylation is 1. The van der Waals surface area contributed by atoms with Crippen LogP contribution in [0.3, 0.4) is 0 Å². The highest BCUT2D eigenvalue weighted by molar-refractivity contribution is 5.88. The van der Waals surface area contributed by atoms with Crippen molar-refractivity contribution in [3.63, 3.8) is 0 Å². The number of aromatic carboxylic acids is 1. The second-order valence-electron chi connectivity index (χ2n) is 5.27. The number of ether oxygens (including phenoxy) is 1. The summed E-state index contributed by atoms with van der Waals surface area (Å²) in [6.45, 7) is 2.05. The van der Waals surface area contributed by atoms with Crippen LogP contribution >= 0.6 is 0 Å². The summed E-state index contributed by atoms with van der Waals surface area (Å²) in [7, 11) is 1.74. The maximum Gasteiger partial charge on any atom is 0.356 e. The summed E-state index contributed by atoms with van der Waals surface area (Å²) in [5, 5.41) is 13.2. The summed E-state index contributed by atoms with van der Waals surface area (Å²) in [6, 6.07) is 0. The van der Waals surface area contributed by atoms with E-state index in [1.54, 1.807) is 16.6 Å². The molecule has 0 saturated carbocycles. The van der Waals surface area contributed by atoms with E-state index in [1.165, 1.54) is 0 Å². The van der Waals surface area contributed by atoms with Crippen LogP contribution in [-0.2, 0) is 29.5 Å². The molecule has 2 aliphatic rings. The molecule has 7 heteroatoms. The van der Waals surface area contributed by atoms with Crippen molar-refractivity contribution in [1.29, 1.82) is 0 Å². The highest BCUT2D eigenvalue weighted by Crippen LogP contribution is 2.25. The molecule has 1 fully saturated rings. The molecule has 3 heterocycles. The minimum atomic E-state index is -1.04. The van der Waals surface area contributed by atoms with Crippen LogP contribution in [0.15, 0.2) is 0 Å². The van der Waals surface area contributed by atoms with Gasteiger partial charge in [0.05, 0.1) is 12.5 Å². The van der Waals surface area contributed by atoms with Crippen LogP contribution in [0, 0.1) is 5.92 Å². The lowest BCUT2D eigenvalue weighted by molar-refractivity contribution is -0.136. The number of carboxylic acids is 1. The van der Waals surface area contributed by atoms with Gasteiger partial charge < -0.3 is 14.7 Å². The number of fused-ring (bicyclic) bond motifs is 1. The first kappa shape index (κ1) is 13.1. The Morgan fingerprint density at radius 1 is 1.45 bits per heavy atom. The van der Waals surface area contributed by atoms with Crippen molar-refractivity contribution in [3.05, 3.63) is 17.0 Å². The fraction of sp³-hybridized carbons (Fsp3) is 0.615. The van der Waals surface area contributed by atoms with Crippen LogP contribution < -0.4 is 0 Å². The molecule has 1 aromatic rings. The lowest BCUT2D eigenvalue weighted by Crippen LogP contribution is -2.40. The monoisotopic (exact) mass is 279 g/mol. The molecule has 0 bridgehead atoms. The average molecular weight is 279 g/mol. The molecule has 1 aromatic heterocycles. The second kappa shape index (κ2) is 4.90. The number of hydrogen-bond acceptors (Lipinski definition) is 4. The van der Waals surface area contributed by atoms with Crippen molar-refractivity contribution in [2.45, 2.75) is 19.4 Å². The molecule has 1 unspecified atom stereocenters. The Hall–Kier alpha value is -1.89. The Labute approximate surface area is 116 Å². The van der Waals surface area contributed by atoms with E-state index in [2.05, 4.69) is 5.10 Å². The van der Waals surface area contributed by atoms with Crippen molar-refractivity contribution in [1.82, 2.24) is 14.7 Å². The Bertz CT molecular complexity index is 560. The van der Waals surface area contributed by atoms with Gasteiger partial charge in [-0.15, -0.1) is 0 Å². The van der Waals surface area contributed by atoms with Gasteiger partial charge in [-0.2, -0.15) is 5.10 Å². The zero-order valence-electron chi connectivity index (χ0n) is 11.3. The molecule has 2 aliphatic heterocycles. The minimum Gasteiger partial charge on any atom is -0.476 e. The van der Waals surface area contributed by atoms with Crippen molar-refractivity contribution in [2.75, 3.05) is 19.8 Å². The van der Waals surface area contributed by atoms with Crippen molar-refractivity contribution in [2.24, 2.45) is 13.0 Å². The summed E-state index contributed by atoms with van der Waals surface area (Å²) in [5.41, 5.74) is 1.63. The van der Waals surface area contributed by atoms with Gasteiger partial charge in [0.1, 0.15) is 0 Å². The standard InChI is InChI=1S/C13H17N3O4/c1-15-10-2-4-16(12(17)8-3-5-20-7-8)6-9(10)11(14-15)13(18)19/h8H,2-7H2,1H3,(H,18,19). The number of amides is 1. The molecule has 1 saturated heterocycles. The van der Waals surface area contributed by atoms with Gasteiger partial charge in [0, 0.05) is 44.4 Å². The van der Waals surface area contributed by atoms with E-state index in [9.17, 15) is 14.7 Å². The van der Waals surface area contributed by atoms with Gasteiger partial charge in [0.15, 0.2) is 5.69 Å². The van der Waals surface area contributed by atoms with Crippen molar-refractivity contribution >= 4 is 11.9 Å². The van der Waals surface area contributed by atoms with Crippen LogP contribution in [0.4, 0.5) is 0 Å². The number of carbonyl (C=O) groups excluding carboxylic acids is 1. The molecule has 0 aromatic carbocycles. The first-order valence-corrected chi connectivity index (χ1v) is 6.72. The van der Waals surface area contributed by atoms with Gasteiger partial charge in [-0.1, -0.05) is 0 Å². The van der Waals surface area contributed by atoms with Crippen LogP contribution in [0.2, 0.25) is 0 Å². The lowest BCUT2D eigenvalue weighted by atomic mass is 10.0. The van der Waals surface area contributed by atoms with E-state index in [0.717, 1.165) is 12.1 Å². The Morgan fingerprint density at radius 2 is 2.25 bits per heavy atom. The third-order valence-corrected chi connectivity index (χ3v) is 4.04. The molecule has 7 nitrogen and oxygen atoms in total. The van der Waals surface area contributed by atoms with Gasteiger partial charge in [0.2, 0.25) is 5.91 Å². The first-order valence-electron chi connectivity index (χ1n) is 6.72. The number of hydrogen-bond donors (Lipinski definition) is 1.